The average Bonchev–Trinajstić information content (AvgIpc) is 3.00. The highest BCUT2D eigenvalue weighted by Crippen LogP contribution is 2.32. The molecule has 3 heterocycles. The van der Waals surface area contributed by atoms with Crippen LogP contribution in [0.4, 0.5) is 17.3 Å². The number of aryl methyl sites for hydroxylation is 3. The highest BCUT2D eigenvalue weighted by Gasteiger charge is 2.32. The predicted octanol–water partition coefficient (Wildman–Crippen LogP) is 7.44. The molecule has 4 aromatic rings. The number of nitrogens with zero attached hydrogens (tertiary/aromatic N) is 6. The second kappa shape index (κ2) is 13.3. The standard InChI is InChI=1S/C38H49N7O/c1-24(2)32-14-12-31(19-34(32)41-37-40-20-27(5)35(42-37)30-18-25(3)28(6)39-21-30)44(10)36(46)33-13-11-29(17-26(33)4)22-45-16-15-43(9)23-38(45,7)8/h11-14,17-21,24H,15-16,22-23H2,1-10H3,(H,40,41,42)/i20D. The second-order valence-electron chi connectivity index (χ2n) is 13.8. The van der Waals surface area contributed by atoms with Gasteiger partial charge >= 0.3 is 0 Å². The molecule has 46 heavy (non-hydrogen) atoms. The van der Waals surface area contributed by atoms with Crippen molar-refractivity contribution in [2.75, 3.05) is 43.9 Å². The molecule has 1 aliphatic rings. The molecule has 8 heteroatoms. The lowest BCUT2D eigenvalue weighted by Crippen LogP contribution is -2.57. The Morgan fingerprint density at radius 2 is 1.78 bits per heavy atom. The molecular weight excluding hydrogens is 570 g/mol. The molecule has 1 aliphatic heterocycles. The van der Waals surface area contributed by atoms with Crippen molar-refractivity contribution in [3.05, 3.63) is 93.9 Å². The molecule has 0 spiro atoms. The zero-order valence-electron chi connectivity index (χ0n) is 30.1. The third-order valence-corrected chi connectivity index (χ3v) is 9.27. The number of carbonyl (C=O) groups is 1. The van der Waals surface area contributed by atoms with Gasteiger partial charge in [-0.15, -0.1) is 0 Å². The summed E-state index contributed by atoms with van der Waals surface area (Å²) in [7, 11) is 3.99. The number of hydrogen-bond acceptors (Lipinski definition) is 7. The van der Waals surface area contributed by atoms with Gasteiger partial charge in [0.05, 0.1) is 7.06 Å². The summed E-state index contributed by atoms with van der Waals surface area (Å²) in [6, 6.07) is 14.2. The number of piperazine rings is 1. The van der Waals surface area contributed by atoms with Gasteiger partial charge in [0.2, 0.25) is 5.95 Å². The molecule has 1 fully saturated rings. The van der Waals surface area contributed by atoms with Gasteiger partial charge in [0.25, 0.3) is 5.91 Å². The van der Waals surface area contributed by atoms with Gasteiger partial charge in [0, 0.05) is 79.3 Å². The number of anilines is 3. The van der Waals surface area contributed by atoms with Crippen LogP contribution in [0, 0.1) is 27.7 Å². The van der Waals surface area contributed by atoms with E-state index in [0.29, 0.717) is 22.8 Å². The number of benzene rings is 2. The lowest BCUT2D eigenvalue weighted by Gasteiger charge is -2.46. The fourth-order valence-electron chi connectivity index (χ4n) is 6.31. The van der Waals surface area contributed by atoms with Crippen molar-refractivity contribution < 1.29 is 6.17 Å². The summed E-state index contributed by atoms with van der Waals surface area (Å²) in [6.07, 6.45) is 1.95. The summed E-state index contributed by atoms with van der Waals surface area (Å²) in [6.45, 7) is 20.7. The van der Waals surface area contributed by atoms with Crippen LogP contribution in [-0.2, 0) is 6.54 Å². The molecule has 1 amide bonds. The number of hydrogen-bond donors (Lipinski definition) is 1. The van der Waals surface area contributed by atoms with E-state index in [-0.39, 0.29) is 23.5 Å². The third-order valence-electron chi connectivity index (χ3n) is 9.27. The van der Waals surface area contributed by atoms with E-state index in [1.165, 1.54) is 5.56 Å². The topological polar surface area (TPSA) is 77.5 Å². The van der Waals surface area contributed by atoms with Crippen LogP contribution >= 0.6 is 0 Å². The Bertz CT molecular complexity index is 1800. The largest absolute Gasteiger partial charge is 0.324 e. The summed E-state index contributed by atoms with van der Waals surface area (Å²) in [5.41, 5.74) is 9.81. The highest BCUT2D eigenvalue weighted by atomic mass is 16.2. The molecule has 5 rings (SSSR count). The maximum absolute atomic E-state index is 13.9. The van der Waals surface area contributed by atoms with E-state index in [9.17, 15) is 4.79 Å². The van der Waals surface area contributed by atoms with E-state index in [1.807, 2.05) is 65.1 Å². The number of rotatable bonds is 8. The van der Waals surface area contributed by atoms with Crippen LogP contribution in [0.3, 0.4) is 0 Å². The SMILES string of the molecule is [2H]c1nc(Nc2cc(N(C)C(=O)c3ccc(CN4CCN(C)CC4(C)C)cc3C)ccc2C(C)C)nc(-c2cnc(C)c(C)c2)c1C. The van der Waals surface area contributed by atoms with Crippen LogP contribution in [-0.4, -0.2) is 69.9 Å². The third kappa shape index (κ3) is 7.13. The summed E-state index contributed by atoms with van der Waals surface area (Å²) < 4.78 is 8.58. The van der Waals surface area contributed by atoms with Crippen LogP contribution in [0.5, 0.6) is 0 Å². The fraction of sp³-hybridized carbons (Fsp3) is 0.421. The lowest BCUT2D eigenvalue weighted by atomic mass is 9.97. The molecule has 242 valence electrons. The Morgan fingerprint density at radius 1 is 1.02 bits per heavy atom. The van der Waals surface area contributed by atoms with Gasteiger partial charge in [0.1, 0.15) is 0 Å². The van der Waals surface area contributed by atoms with E-state index in [1.54, 1.807) is 11.1 Å². The van der Waals surface area contributed by atoms with Crippen molar-refractivity contribution >= 4 is 23.2 Å². The molecule has 2 aromatic carbocycles. The van der Waals surface area contributed by atoms with Gasteiger partial charge in [-0.3, -0.25) is 14.7 Å². The van der Waals surface area contributed by atoms with E-state index in [0.717, 1.165) is 65.5 Å². The van der Waals surface area contributed by atoms with Crippen molar-refractivity contribution in [3.63, 3.8) is 0 Å². The normalized spacial score (nSPS) is 15.6. The van der Waals surface area contributed by atoms with E-state index >= 15 is 0 Å². The molecule has 1 saturated heterocycles. The molecule has 0 radical (unpaired) electrons. The first-order valence-corrected chi connectivity index (χ1v) is 16.2. The Morgan fingerprint density at radius 3 is 2.46 bits per heavy atom. The fourth-order valence-corrected chi connectivity index (χ4v) is 6.31. The van der Waals surface area contributed by atoms with Gasteiger partial charge in [-0.05, 0) is 107 Å². The Balaban J connectivity index is 1.40. The minimum absolute atomic E-state index is 0.0678. The smallest absolute Gasteiger partial charge is 0.258 e. The van der Waals surface area contributed by atoms with Crippen molar-refractivity contribution in [1.29, 1.82) is 0 Å². The average molecular weight is 621 g/mol. The van der Waals surface area contributed by atoms with Crippen molar-refractivity contribution in [2.24, 2.45) is 0 Å². The van der Waals surface area contributed by atoms with Gasteiger partial charge < -0.3 is 15.1 Å². The van der Waals surface area contributed by atoms with E-state index < -0.39 is 0 Å². The van der Waals surface area contributed by atoms with E-state index in [2.05, 4.69) is 72.0 Å². The van der Waals surface area contributed by atoms with Crippen molar-refractivity contribution in [2.45, 2.75) is 73.4 Å². The quantitative estimate of drug-likeness (QED) is 0.219. The van der Waals surface area contributed by atoms with Crippen LogP contribution in [0.15, 0.2) is 54.8 Å². The van der Waals surface area contributed by atoms with Gasteiger partial charge in [-0.1, -0.05) is 32.0 Å². The van der Waals surface area contributed by atoms with Crippen LogP contribution in [0.25, 0.3) is 11.3 Å². The molecule has 0 saturated carbocycles. The van der Waals surface area contributed by atoms with Crippen LogP contribution in [0.2, 0.25) is 0 Å². The molecule has 0 unspecified atom stereocenters. The number of carbonyl (C=O) groups excluding carboxylic acids is 1. The molecule has 1 N–H and O–H groups in total. The zero-order chi connectivity index (χ0) is 34.2. The maximum atomic E-state index is 13.9. The minimum atomic E-state index is -0.0678. The minimum Gasteiger partial charge on any atom is -0.324 e. The molecule has 0 aliphatic carbocycles. The van der Waals surface area contributed by atoms with E-state index in [4.69, 9.17) is 6.35 Å². The number of nitrogens with one attached hydrogen (secondary N) is 1. The van der Waals surface area contributed by atoms with Crippen LogP contribution < -0.4 is 10.2 Å². The first-order chi connectivity index (χ1) is 22.1. The first kappa shape index (κ1) is 31.8. The van der Waals surface area contributed by atoms with Crippen molar-refractivity contribution in [3.8, 4) is 11.3 Å². The summed E-state index contributed by atoms with van der Waals surface area (Å²) in [5.74, 6) is 0.468. The van der Waals surface area contributed by atoms with Crippen LogP contribution in [0.1, 0.15) is 78.9 Å². The molecule has 0 bridgehead atoms. The monoisotopic (exact) mass is 620 g/mol. The number of amides is 1. The summed E-state index contributed by atoms with van der Waals surface area (Å²) in [5, 5.41) is 3.39. The van der Waals surface area contributed by atoms with Crippen molar-refractivity contribution in [1.82, 2.24) is 24.8 Å². The van der Waals surface area contributed by atoms with Gasteiger partial charge in [0.15, 0.2) is 0 Å². The zero-order valence-corrected chi connectivity index (χ0v) is 29.1. The molecule has 0 atom stereocenters. The number of aromatic nitrogens is 3. The Hall–Kier alpha value is -4.14. The Labute approximate surface area is 276 Å². The molecular formula is C38H49N7O. The molecule has 8 nitrogen and oxygen atoms in total. The first-order valence-electron chi connectivity index (χ1n) is 16.7. The van der Waals surface area contributed by atoms with Gasteiger partial charge in [-0.25, -0.2) is 9.97 Å². The number of pyridine rings is 1. The van der Waals surface area contributed by atoms with Gasteiger partial charge in [-0.2, -0.15) is 0 Å². The highest BCUT2D eigenvalue weighted by molar-refractivity contribution is 6.07. The lowest BCUT2D eigenvalue weighted by molar-refractivity contribution is 0.0254. The Kier molecular flexibility index (Phi) is 9.20. The molecule has 2 aromatic heterocycles. The summed E-state index contributed by atoms with van der Waals surface area (Å²) >= 11 is 0. The number of likely N-dealkylation sites (N-methyl/N-ethyl adjacent to an activating group) is 1. The summed E-state index contributed by atoms with van der Waals surface area (Å²) in [4.78, 5) is 34.3. The second-order valence-corrected chi connectivity index (χ2v) is 13.8. The predicted molar refractivity (Wildman–Crippen MR) is 189 cm³/mol. The maximum Gasteiger partial charge on any atom is 0.258 e.